The first-order valence-corrected chi connectivity index (χ1v) is 4.41. The summed E-state index contributed by atoms with van der Waals surface area (Å²) in [6, 6.07) is 0. The highest BCUT2D eigenvalue weighted by molar-refractivity contribution is 7.79. The Balaban J connectivity index is 2.99. The maximum absolute atomic E-state index is 11.2. The van der Waals surface area contributed by atoms with Crippen LogP contribution in [-0.4, -0.2) is 27.9 Å². The number of rotatable bonds is 3. The Morgan fingerprint density at radius 2 is 2.50 bits per heavy atom. The molecule has 0 aliphatic rings. The second-order valence-corrected chi connectivity index (χ2v) is 2.60. The maximum atomic E-state index is 11.2. The molecule has 5 nitrogen and oxygen atoms in total. The Kier molecular flexibility index (Phi) is 3.47. The van der Waals surface area contributed by atoms with Crippen molar-refractivity contribution >= 4 is 29.4 Å². The van der Waals surface area contributed by atoms with Gasteiger partial charge in [0.2, 0.25) is 0 Å². The molecule has 1 aromatic rings. The molecular formula is C8H9N3O2S. The minimum Gasteiger partial charge on any atom is -0.462 e. The maximum Gasteiger partial charge on any atom is 0.343 e. The first kappa shape index (κ1) is 10.5. The molecule has 0 spiro atoms. The molecule has 0 amide bonds. The van der Waals surface area contributed by atoms with Gasteiger partial charge >= 0.3 is 5.97 Å². The average molecular weight is 211 g/mol. The number of ether oxygens (including phenoxy) is 1. The zero-order valence-electron chi connectivity index (χ0n) is 7.56. The third kappa shape index (κ3) is 2.23. The Hall–Kier alpha value is -1.56. The van der Waals surface area contributed by atoms with E-state index >= 15 is 0 Å². The van der Waals surface area contributed by atoms with Gasteiger partial charge in [0.1, 0.15) is 11.4 Å². The Labute approximate surface area is 86.3 Å². The number of thiocarbonyl (C=S) groups is 1. The van der Waals surface area contributed by atoms with E-state index in [0.717, 1.165) is 0 Å². The highest BCUT2D eigenvalue weighted by Gasteiger charge is 2.12. The molecule has 74 valence electrons. The second kappa shape index (κ2) is 4.61. The summed E-state index contributed by atoms with van der Waals surface area (Å²) >= 11 is 4.62. The standard InChI is InChI=1S/C8H9N3O2S/c1-2-13-8(12)5-3-10-6(4-14)11-7(5)9/h3-4H,2H2,1H3,(H2,9,10,11). The molecule has 0 saturated carbocycles. The third-order valence-corrected chi connectivity index (χ3v) is 1.65. The molecule has 1 heterocycles. The smallest absolute Gasteiger partial charge is 0.343 e. The number of nitrogens with zero attached hydrogens (tertiary/aromatic N) is 2. The molecule has 0 atom stereocenters. The van der Waals surface area contributed by atoms with Crippen molar-refractivity contribution in [2.75, 3.05) is 12.3 Å². The number of aromatic nitrogens is 2. The van der Waals surface area contributed by atoms with E-state index in [4.69, 9.17) is 10.5 Å². The molecule has 2 N–H and O–H groups in total. The SMILES string of the molecule is CCOC(=O)c1cnc(C=S)nc1N. The second-order valence-electron chi connectivity index (χ2n) is 2.37. The fourth-order valence-electron chi connectivity index (χ4n) is 0.832. The van der Waals surface area contributed by atoms with Gasteiger partial charge in [0, 0.05) is 11.6 Å². The summed E-state index contributed by atoms with van der Waals surface area (Å²) in [5, 5.41) is 1.28. The van der Waals surface area contributed by atoms with Crippen molar-refractivity contribution in [1.82, 2.24) is 9.97 Å². The Bertz CT molecular complexity index is 368. The van der Waals surface area contributed by atoms with Crippen LogP contribution in [0, 0.1) is 0 Å². The van der Waals surface area contributed by atoms with Gasteiger partial charge in [-0.3, -0.25) is 0 Å². The van der Waals surface area contributed by atoms with Crippen LogP contribution in [0.4, 0.5) is 5.82 Å². The third-order valence-electron chi connectivity index (χ3n) is 1.44. The summed E-state index contributed by atoms with van der Waals surface area (Å²) < 4.78 is 4.75. The minimum absolute atomic E-state index is 0.0783. The van der Waals surface area contributed by atoms with Gasteiger partial charge in [0.25, 0.3) is 0 Å². The minimum atomic E-state index is -0.527. The molecule has 6 heteroatoms. The molecule has 0 unspecified atom stereocenters. The van der Waals surface area contributed by atoms with Crippen LogP contribution in [0.3, 0.4) is 0 Å². The van der Waals surface area contributed by atoms with Crippen molar-refractivity contribution in [2.45, 2.75) is 6.92 Å². The van der Waals surface area contributed by atoms with Crippen LogP contribution in [0.15, 0.2) is 6.20 Å². The van der Waals surface area contributed by atoms with Crippen LogP contribution in [0.1, 0.15) is 23.1 Å². The monoisotopic (exact) mass is 211 g/mol. The predicted octanol–water partition coefficient (Wildman–Crippen LogP) is 0.583. The van der Waals surface area contributed by atoms with Crippen LogP contribution in [0.2, 0.25) is 0 Å². The molecule has 0 aliphatic carbocycles. The number of hydrogen-bond acceptors (Lipinski definition) is 6. The highest BCUT2D eigenvalue weighted by atomic mass is 32.1. The van der Waals surface area contributed by atoms with Crippen LogP contribution in [0.25, 0.3) is 0 Å². The van der Waals surface area contributed by atoms with Gasteiger partial charge in [0.05, 0.1) is 6.61 Å². The highest BCUT2D eigenvalue weighted by Crippen LogP contribution is 2.08. The molecule has 0 aromatic carbocycles. The molecule has 0 saturated heterocycles. The zero-order chi connectivity index (χ0) is 10.6. The first-order valence-electron chi connectivity index (χ1n) is 3.93. The van der Waals surface area contributed by atoms with E-state index in [-0.39, 0.29) is 18.0 Å². The lowest BCUT2D eigenvalue weighted by molar-refractivity contribution is 0.0526. The van der Waals surface area contributed by atoms with Crippen LogP contribution in [0.5, 0.6) is 0 Å². The molecule has 0 aliphatic heterocycles. The molecule has 0 fully saturated rings. The quantitative estimate of drug-likeness (QED) is 0.582. The number of esters is 1. The van der Waals surface area contributed by atoms with Crippen molar-refractivity contribution in [3.05, 3.63) is 17.6 Å². The lowest BCUT2D eigenvalue weighted by Crippen LogP contribution is -2.11. The van der Waals surface area contributed by atoms with E-state index in [2.05, 4.69) is 22.2 Å². The summed E-state index contributed by atoms with van der Waals surface area (Å²) in [4.78, 5) is 18.9. The predicted molar refractivity (Wildman–Crippen MR) is 55.2 cm³/mol. The van der Waals surface area contributed by atoms with Gasteiger partial charge < -0.3 is 10.5 Å². The Morgan fingerprint density at radius 3 is 3.00 bits per heavy atom. The van der Waals surface area contributed by atoms with E-state index in [1.165, 1.54) is 11.6 Å². The molecular weight excluding hydrogens is 202 g/mol. The van der Waals surface area contributed by atoms with E-state index in [1.807, 2.05) is 0 Å². The first-order chi connectivity index (χ1) is 6.69. The van der Waals surface area contributed by atoms with E-state index < -0.39 is 5.97 Å². The number of hydrogen-bond donors (Lipinski definition) is 1. The fourth-order valence-corrected chi connectivity index (χ4v) is 0.946. The van der Waals surface area contributed by atoms with E-state index in [0.29, 0.717) is 5.82 Å². The normalized spacial score (nSPS) is 9.50. The number of anilines is 1. The van der Waals surface area contributed by atoms with Crippen molar-refractivity contribution in [3.63, 3.8) is 0 Å². The topological polar surface area (TPSA) is 78.1 Å². The summed E-state index contributed by atoms with van der Waals surface area (Å²) in [5.74, 6) is -0.138. The number of carbonyl (C=O) groups is 1. The number of nitrogens with two attached hydrogens (primary N) is 1. The summed E-state index contributed by atoms with van der Waals surface area (Å²) in [5.41, 5.74) is 5.67. The van der Waals surface area contributed by atoms with Crippen LogP contribution >= 0.6 is 12.2 Å². The van der Waals surface area contributed by atoms with E-state index in [9.17, 15) is 4.79 Å². The van der Waals surface area contributed by atoms with Gasteiger partial charge in [-0.15, -0.1) is 0 Å². The molecule has 1 aromatic heterocycles. The number of nitrogen functional groups attached to an aromatic ring is 1. The van der Waals surface area contributed by atoms with Gasteiger partial charge in [-0.05, 0) is 6.92 Å². The van der Waals surface area contributed by atoms with Crippen molar-refractivity contribution in [2.24, 2.45) is 0 Å². The van der Waals surface area contributed by atoms with Gasteiger partial charge in [-0.2, -0.15) is 0 Å². The lowest BCUT2D eigenvalue weighted by Gasteiger charge is -2.03. The number of carbonyl (C=O) groups excluding carboxylic acids is 1. The van der Waals surface area contributed by atoms with Crippen LogP contribution < -0.4 is 5.73 Å². The van der Waals surface area contributed by atoms with Gasteiger partial charge in [0.15, 0.2) is 5.82 Å². The molecule has 0 radical (unpaired) electrons. The molecule has 1 rings (SSSR count). The summed E-state index contributed by atoms with van der Waals surface area (Å²) in [6.07, 6.45) is 1.30. The van der Waals surface area contributed by atoms with E-state index in [1.54, 1.807) is 6.92 Å². The van der Waals surface area contributed by atoms with Gasteiger partial charge in [-0.1, -0.05) is 12.2 Å². The fraction of sp³-hybridized carbons (Fsp3) is 0.250. The van der Waals surface area contributed by atoms with Gasteiger partial charge in [-0.25, -0.2) is 14.8 Å². The van der Waals surface area contributed by atoms with Crippen LogP contribution in [-0.2, 0) is 4.74 Å². The Morgan fingerprint density at radius 1 is 1.79 bits per heavy atom. The van der Waals surface area contributed by atoms with Crippen molar-refractivity contribution < 1.29 is 9.53 Å². The molecule has 0 bridgehead atoms. The summed E-state index contributed by atoms with van der Waals surface area (Å²) in [7, 11) is 0. The molecule has 14 heavy (non-hydrogen) atoms. The lowest BCUT2D eigenvalue weighted by atomic mass is 10.3. The zero-order valence-corrected chi connectivity index (χ0v) is 8.37. The average Bonchev–Trinajstić information content (AvgIpc) is 2.17. The largest absolute Gasteiger partial charge is 0.462 e. The summed E-state index contributed by atoms with van der Waals surface area (Å²) in [6.45, 7) is 1.99. The van der Waals surface area contributed by atoms with Crippen molar-refractivity contribution in [1.29, 1.82) is 0 Å². The van der Waals surface area contributed by atoms with Crippen molar-refractivity contribution in [3.8, 4) is 0 Å².